The van der Waals surface area contributed by atoms with Crippen LogP contribution in [0.2, 0.25) is 5.02 Å². The number of para-hydroxylation sites is 2. The molecule has 4 rings (SSSR count). The van der Waals surface area contributed by atoms with Crippen LogP contribution in [0.15, 0.2) is 66.7 Å². The molecule has 0 radical (unpaired) electrons. The van der Waals surface area contributed by atoms with E-state index in [1.807, 2.05) is 74.5 Å². The van der Waals surface area contributed by atoms with E-state index in [0.29, 0.717) is 18.2 Å². The van der Waals surface area contributed by atoms with Gasteiger partial charge in [0.1, 0.15) is 17.3 Å². The molecule has 0 saturated heterocycles. The number of fused-ring (bicyclic) bond motifs is 1. The molecular formula is C29H32ClN3O3. The van der Waals surface area contributed by atoms with Crippen LogP contribution in [0.25, 0.3) is 11.0 Å². The van der Waals surface area contributed by atoms with E-state index in [4.69, 9.17) is 26.1 Å². The van der Waals surface area contributed by atoms with Crippen molar-refractivity contribution in [2.24, 2.45) is 0 Å². The number of benzene rings is 3. The molecule has 0 bridgehead atoms. The predicted molar refractivity (Wildman–Crippen MR) is 144 cm³/mol. The number of nitrogens with zero attached hydrogens (tertiary/aromatic N) is 2. The van der Waals surface area contributed by atoms with Gasteiger partial charge in [-0.2, -0.15) is 0 Å². The van der Waals surface area contributed by atoms with E-state index >= 15 is 0 Å². The second-order valence-corrected chi connectivity index (χ2v) is 9.27. The van der Waals surface area contributed by atoms with Crippen LogP contribution in [0.5, 0.6) is 11.5 Å². The number of halogens is 1. The fourth-order valence-corrected chi connectivity index (χ4v) is 4.17. The number of hydrogen-bond donors (Lipinski definition) is 1. The van der Waals surface area contributed by atoms with Crippen LogP contribution in [-0.4, -0.2) is 35.2 Å². The van der Waals surface area contributed by atoms with Crippen molar-refractivity contribution in [3.63, 3.8) is 0 Å². The van der Waals surface area contributed by atoms with Crippen molar-refractivity contribution in [1.29, 1.82) is 0 Å². The highest BCUT2D eigenvalue weighted by molar-refractivity contribution is 6.30. The van der Waals surface area contributed by atoms with Crippen LogP contribution in [0, 0.1) is 13.8 Å². The molecule has 6 nitrogen and oxygen atoms in total. The van der Waals surface area contributed by atoms with Gasteiger partial charge in [0.25, 0.3) is 5.91 Å². The topological polar surface area (TPSA) is 65.4 Å². The van der Waals surface area contributed by atoms with E-state index in [1.165, 1.54) is 0 Å². The molecule has 1 aromatic heterocycles. The molecule has 0 fully saturated rings. The molecule has 0 spiro atoms. The number of carbonyl (C=O) groups excluding carboxylic acids is 1. The molecular weight excluding hydrogens is 474 g/mol. The van der Waals surface area contributed by atoms with Gasteiger partial charge >= 0.3 is 0 Å². The van der Waals surface area contributed by atoms with Gasteiger partial charge in [0.05, 0.1) is 17.6 Å². The summed E-state index contributed by atoms with van der Waals surface area (Å²) in [6.07, 6.45) is 2.41. The summed E-state index contributed by atoms with van der Waals surface area (Å²) in [6.45, 7) is 5.97. The van der Waals surface area contributed by atoms with Crippen LogP contribution in [0.1, 0.15) is 29.8 Å². The third-order valence-corrected chi connectivity index (χ3v) is 6.20. The Balaban J connectivity index is 1.26. The average molecular weight is 506 g/mol. The summed E-state index contributed by atoms with van der Waals surface area (Å²) in [7, 11) is 0. The maximum atomic E-state index is 12.3. The van der Waals surface area contributed by atoms with Gasteiger partial charge in [-0.1, -0.05) is 35.9 Å². The van der Waals surface area contributed by atoms with Gasteiger partial charge in [0, 0.05) is 24.5 Å². The molecule has 3 aromatic carbocycles. The Morgan fingerprint density at radius 1 is 1.00 bits per heavy atom. The number of rotatable bonds is 12. The lowest BCUT2D eigenvalue weighted by atomic mass is 10.1. The van der Waals surface area contributed by atoms with Gasteiger partial charge in [-0.3, -0.25) is 4.79 Å². The second-order valence-electron chi connectivity index (χ2n) is 8.84. The Hall–Kier alpha value is -3.51. The van der Waals surface area contributed by atoms with Gasteiger partial charge in [0.15, 0.2) is 6.61 Å². The minimum atomic E-state index is -0.122. The first-order valence-electron chi connectivity index (χ1n) is 12.3. The van der Waals surface area contributed by atoms with E-state index in [1.54, 1.807) is 0 Å². The van der Waals surface area contributed by atoms with Gasteiger partial charge in [0.2, 0.25) is 0 Å². The summed E-state index contributed by atoms with van der Waals surface area (Å²) in [4.78, 5) is 17.1. The Morgan fingerprint density at radius 3 is 2.64 bits per heavy atom. The van der Waals surface area contributed by atoms with Gasteiger partial charge in [-0.25, -0.2) is 4.98 Å². The van der Waals surface area contributed by atoms with Crippen LogP contribution >= 0.6 is 11.6 Å². The van der Waals surface area contributed by atoms with Crippen molar-refractivity contribution in [2.75, 3.05) is 19.8 Å². The quantitative estimate of drug-likeness (QED) is 0.243. The van der Waals surface area contributed by atoms with Crippen molar-refractivity contribution in [2.45, 2.75) is 39.7 Å². The number of ether oxygens (including phenoxy) is 2. The van der Waals surface area contributed by atoms with Gasteiger partial charge in [-0.15, -0.1) is 0 Å². The monoisotopic (exact) mass is 505 g/mol. The first kappa shape index (κ1) is 25.6. The van der Waals surface area contributed by atoms with Gasteiger partial charge in [-0.05, 0) is 80.3 Å². The van der Waals surface area contributed by atoms with Crippen molar-refractivity contribution in [1.82, 2.24) is 14.9 Å². The molecule has 0 aliphatic heterocycles. The summed E-state index contributed by atoms with van der Waals surface area (Å²) in [6, 6.07) is 21.6. The fraction of sp³-hybridized carbons (Fsp3) is 0.310. The molecule has 36 heavy (non-hydrogen) atoms. The number of hydrogen-bond acceptors (Lipinski definition) is 4. The van der Waals surface area contributed by atoms with Crippen molar-refractivity contribution in [3.8, 4) is 11.5 Å². The van der Waals surface area contributed by atoms with E-state index < -0.39 is 0 Å². The smallest absolute Gasteiger partial charge is 0.257 e. The molecule has 0 aliphatic carbocycles. The normalized spacial score (nSPS) is 11.0. The third-order valence-electron chi connectivity index (χ3n) is 5.94. The number of amides is 1. The maximum absolute atomic E-state index is 12.3. The van der Waals surface area contributed by atoms with E-state index in [-0.39, 0.29) is 12.5 Å². The Morgan fingerprint density at radius 2 is 1.81 bits per heavy atom. The highest BCUT2D eigenvalue weighted by Crippen LogP contribution is 2.20. The van der Waals surface area contributed by atoms with E-state index in [0.717, 1.165) is 65.3 Å². The van der Waals surface area contributed by atoms with Gasteiger partial charge < -0.3 is 19.4 Å². The Labute approximate surface area is 217 Å². The molecule has 0 aliphatic rings. The highest BCUT2D eigenvalue weighted by atomic mass is 35.5. The lowest BCUT2D eigenvalue weighted by Gasteiger charge is -2.12. The third kappa shape index (κ3) is 7.01. The zero-order valence-corrected chi connectivity index (χ0v) is 21.6. The molecule has 0 atom stereocenters. The molecule has 4 aromatic rings. The van der Waals surface area contributed by atoms with E-state index in [9.17, 15) is 4.79 Å². The zero-order chi connectivity index (χ0) is 25.3. The molecule has 0 unspecified atom stereocenters. The zero-order valence-electron chi connectivity index (χ0n) is 20.8. The molecule has 1 N–H and O–H groups in total. The Kier molecular flexibility index (Phi) is 8.85. The minimum Gasteiger partial charge on any atom is -0.494 e. The lowest BCUT2D eigenvalue weighted by Crippen LogP contribution is -2.30. The van der Waals surface area contributed by atoms with Crippen molar-refractivity contribution in [3.05, 3.63) is 88.7 Å². The number of nitrogens with one attached hydrogen (secondary N) is 1. The van der Waals surface area contributed by atoms with Crippen LogP contribution in [-0.2, 0) is 17.8 Å². The average Bonchev–Trinajstić information content (AvgIpc) is 3.23. The molecule has 1 amide bonds. The van der Waals surface area contributed by atoms with Crippen LogP contribution < -0.4 is 14.8 Å². The summed E-state index contributed by atoms with van der Waals surface area (Å²) in [5, 5.41) is 3.65. The van der Waals surface area contributed by atoms with E-state index in [2.05, 4.69) is 16.0 Å². The maximum Gasteiger partial charge on any atom is 0.257 e. The summed E-state index contributed by atoms with van der Waals surface area (Å²) < 4.78 is 13.8. The molecule has 7 heteroatoms. The molecule has 1 heterocycles. The Bertz CT molecular complexity index is 1300. The minimum absolute atomic E-state index is 0.0103. The number of aryl methyl sites for hydroxylation is 4. The van der Waals surface area contributed by atoms with Crippen LogP contribution in [0.3, 0.4) is 0 Å². The molecule has 0 saturated carbocycles. The van der Waals surface area contributed by atoms with Crippen LogP contribution in [0.4, 0.5) is 0 Å². The summed E-state index contributed by atoms with van der Waals surface area (Å²) in [5.41, 5.74) is 4.23. The summed E-state index contributed by atoms with van der Waals surface area (Å²) in [5.74, 6) is 2.46. The standard InChI is InChI=1S/C29H32ClN3O3/c1-21-10-11-22(2)27(19-21)36-20-29(34)31-16-5-9-28-32-25-7-3-4-8-26(25)33(28)17-6-18-35-24-14-12-23(30)13-15-24/h3-4,7-8,10-15,19H,5-6,9,16-18,20H2,1-2H3,(H,31,34). The number of carbonyl (C=O) groups is 1. The van der Waals surface area contributed by atoms with Crippen molar-refractivity contribution < 1.29 is 14.3 Å². The first-order valence-corrected chi connectivity index (χ1v) is 12.7. The number of imidazole rings is 1. The fourth-order valence-electron chi connectivity index (χ4n) is 4.04. The first-order chi connectivity index (χ1) is 17.5. The summed E-state index contributed by atoms with van der Waals surface area (Å²) >= 11 is 5.94. The highest BCUT2D eigenvalue weighted by Gasteiger charge is 2.11. The largest absolute Gasteiger partial charge is 0.494 e. The SMILES string of the molecule is Cc1ccc(C)c(OCC(=O)NCCCc2nc3ccccc3n2CCCOc2ccc(Cl)cc2)c1. The van der Waals surface area contributed by atoms with Crippen molar-refractivity contribution >= 4 is 28.5 Å². The lowest BCUT2D eigenvalue weighted by molar-refractivity contribution is -0.123. The molecule has 188 valence electrons. The predicted octanol–water partition coefficient (Wildman–Crippen LogP) is 5.90. The second kappa shape index (κ2) is 12.5. The number of aromatic nitrogens is 2.